The number of carboxylic acid groups (broad SMARTS) is 1. The second-order valence-electron chi connectivity index (χ2n) is 8.30. The fraction of sp³-hybridized carbons (Fsp3) is 0.478. The van der Waals surface area contributed by atoms with Crippen molar-refractivity contribution in [1.82, 2.24) is 5.32 Å². The molecular formula is C23H29N3O5S. The van der Waals surface area contributed by atoms with E-state index in [1.165, 1.54) is 11.3 Å². The third kappa shape index (κ3) is 5.06. The first-order chi connectivity index (χ1) is 15.4. The van der Waals surface area contributed by atoms with Crippen molar-refractivity contribution in [3.63, 3.8) is 0 Å². The standard InChI is InChI=1S/C23H29N3O5S/c1-26(2)15-7-5-6-14(10-15)21(27)24-12-16-11-17-18(13-31-16)32-22(20(17)23(28)29)25-19-8-3-4-9-30-19/h5-7,10,16,19,25H,3-4,8-9,11-13H2,1-2H3,(H,24,27)(H,28,29). The van der Waals surface area contributed by atoms with Gasteiger partial charge in [-0.05, 0) is 43.0 Å². The molecule has 2 atom stereocenters. The fourth-order valence-electron chi connectivity index (χ4n) is 4.02. The number of carbonyl (C=O) groups is 2. The number of hydrogen-bond donors (Lipinski definition) is 3. The van der Waals surface area contributed by atoms with Crippen LogP contribution < -0.4 is 15.5 Å². The summed E-state index contributed by atoms with van der Waals surface area (Å²) >= 11 is 1.42. The molecule has 2 unspecified atom stereocenters. The van der Waals surface area contributed by atoms with Crippen LogP contribution in [0.2, 0.25) is 0 Å². The fourth-order valence-corrected chi connectivity index (χ4v) is 5.20. The Balaban J connectivity index is 1.42. The van der Waals surface area contributed by atoms with E-state index in [0.29, 0.717) is 42.3 Å². The highest BCUT2D eigenvalue weighted by atomic mass is 32.1. The molecular weight excluding hydrogens is 430 g/mol. The number of nitrogens with one attached hydrogen (secondary N) is 2. The van der Waals surface area contributed by atoms with Crippen LogP contribution in [0.1, 0.15) is 50.4 Å². The predicted octanol–water partition coefficient (Wildman–Crippen LogP) is 3.32. The first-order valence-corrected chi connectivity index (χ1v) is 11.7. The number of rotatable bonds is 7. The predicted molar refractivity (Wildman–Crippen MR) is 124 cm³/mol. The van der Waals surface area contributed by atoms with Gasteiger partial charge in [0.15, 0.2) is 0 Å². The van der Waals surface area contributed by atoms with Crippen molar-refractivity contribution in [2.45, 2.75) is 44.6 Å². The number of carboxylic acids is 1. The first kappa shape index (κ1) is 22.6. The Hall–Kier alpha value is -2.62. The summed E-state index contributed by atoms with van der Waals surface area (Å²) in [6, 6.07) is 7.40. The van der Waals surface area contributed by atoms with Crippen LogP contribution in [0.4, 0.5) is 10.7 Å². The Labute approximate surface area is 191 Å². The number of carbonyl (C=O) groups excluding carboxylic acids is 1. The number of ether oxygens (including phenoxy) is 2. The summed E-state index contributed by atoms with van der Waals surface area (Å²) in [5, 5.41) is 16.7. The Morgan fingerprint density at radius 1 is 1.25 bits per heavy atom. The molecule has 2 aliphatic heterocycles. The molecule has 1 aromatic carbocycles. The van der Waals surface area contributed by atoms with Gasteiger partial charge in [-0.25, -0.2) is 4.79 Å². The van der Waals surface area contributed by atoms with Gasteiger partial charge in [0.2, 0.25) is 0 Å². The molecule has 0 radical (unpaired) electrons. The summed E-state index contributed by atoms with van der Waals surface area (Å²) in [5.74, 6) is -1.13. The molecule has 1 aromatic heterocycles. The summed E-state index contributed by atoms with van der Waals surface area (Å²) in [6.45, 7) is 1.34. The molecule has 172 valence electrons. The number of benzene rings is 1. The maximum atomic E-state index is 12.6. The third-order valence-electron chi connectivity index (χ3n) is 5.77. The molecule has 0 spiro atoms. The minimum atomic E-state index is -0.953. The van der Waals surface area contributed by atoms with Gasteiger partial charge in [0.25, 0.3) is 5.91 Å². The van der Waals surface area contributed by atoms with Crippen LogP contribution in [0.15, 0.2) is 24.3 Å². The lowest BCUT2D eigenvalue weighted by molar-refractivity contribution is 0.0300. The van der Waals surface area contributed by atoms with Crippen LogP contribution in [-0.2, 0) is 22.5 Å². The van der Waals surface area contributed by atoms with Crippen molar-refractivity contribution in [2.75, 3.05) is 37.5 Å². The highest BCUT2D eigenvalue weighted by Gasteiger charge is 2.31. The monoisotopic (exact) mass is 459 g/mol. The maximum Gasteiger partial charge on any atom is 0.338 e. The Kier molecular flexibility index (Phi) is 6.98. The van der Waals surface area contributed by atoms with Crippen LogP contribution in [0, 0.1) is 0 Å². The number of nitrogens with zero attached hydrogens (tertiary/aromatic N) is 1. The third-order valence-corrected chi connectivity index (χ3v) is 6.91. The SMILES string of the molecule is CN(C)c1cccc(C(=O)NCC2Cc3c(sc(NC4CCCCO4)c3C(=O)O)CO2)c1. The van der Waals surface area contributed by atoms with E-state index in [4.69, 9.17) is 9.47 Å². The van der Waals surface area contributed by atoms with E-state index >= 15 is 0 Å². The molecule has 0 saturated carbocycles. The van der Waals surface area contributed by atoms with Gasteiger partial charge in [-0.3, -0.25) is 4.79 Å². The van der Waals surface area contributed by atoms with Crippen molar-refractivity contribution >= 4 is 33.9 Å². The summed E-state index contributed by atoms with van der Waals surface area (Å²) in [4.78, 5) is 27.5. The van der Waals surface area contributed by atoms with Crippen molar-refractivity contribution in [1.29, 1.82) is 0 Å². The summed E-state index contributed by atoms with van der Waals surface area (Å²) in [5.41, 5.74) is 2.62. The molecule has 4 rings (SSSR count). The Morgan fingerprint density at radius 2 is 2.09 bits per heavy atom. The van der Waals surface area contributed by atoms with Crippen molar-refractivity contribution < 1.29 is 24.2 Å². The first-order valence-electron chi connectivity index (χ1n) is 10.9. The van der Waals surface area contributed by atoms with Crippen LogP contribution in [0.25, 0.3) is 0 Å². The van der Waals surface area contributed by atoms with Gasteiger partial charge in [0.1, 0.15) is 11.2 Å². The highest BCUT2D eigenvalue weighted by Crippen LogP contribution is 2.38. The number of hydrogen-bond acceptors (Lipinski definition) is 7. The van der Waals surface area contributed by atoms with Gasteiger partial charge in [0.05, 0.1) is 18.3 Å². The number of thiophene rings is 1. The average molecular weight is 460 g/mol. The second-order valence-corrected chi connectivity index (χ2v) is 9.41. The van der Waals surface area contributed by atoms with E-state index < -0.39 is 5.97 Å². The zero-order chi connectivity index (χ0) is 22.7. The van der Waals surface area contributed by atoms with Crippen LogP contribution >= 0.6 is 11.3 Å². The van der Waals surface area contributed by atoms with Crippen molar-refractivity contribution in [2.24, 2.45) is 0 Å². The average Bonchev–Trinajstić information content (AvgIpc) is 3.15. The second kappa shape index (κ2) is 9.89. The molecule has 1 amide bonds. The van der Waals surface area contributed by atoms with Gasteiger partial charge in [-0.2, -0.15) is 0 Å². The largest absolute Gasteiger partial charge is 0.478 e. The summed E-state index contributed by atoms with van der Waals surface area (Å²) in [6.07, 6.45) is 2.96. The molecule has 3 N–H and O–H groups in total. The number of fused-ring (bicyclic) bond motifs is 1. The van der Waals surface area contributed by atoms with E-state index in [0.717, 1.165) is 35.4 Å². The molecule has 8 nitrogen and oxygen atoms in total. The van der Waals surface area contributed by atoms with E-state index in [9.17, 15) is 14.7 Å². The van der Waals surface area contributed by atoms with Gasteiger partial charge in [-0.15, -0.1) is 11.3 Å². The molecule has 2 aliphatic rings. The maximum absolute atomic E-state index is 12.6. The van der Waals surface area contributed by atoms with Gasteiger partial charge in [-0.1, -0.05) is 6.07 Å². The molecule has 1 saturated heterocycles. The molecule has 3 heterocycles. The molecule has 1 fully saturated rings. The smallest absolute Gasteiger partial charge is 0.338 e. The van der Waals surface area contributed by atoms with Crippen LogP contribution in [0.3, 0.4) is 0 Å². The topological polar surface area (TPSA) is 100 Å². The Bertz CT molecular complexity index is 984. The minimum Gasteiger partial charge on any atom is -0.478 e. The number of aromatic carboxylic acids is 1. The molecule has 2 aromatic rings. The molecule has 9 heteroatoms. The summed E-state index contributed by atoms with van der Waals surface area (Å²) in [7, 11) is 3.85. The van der Waals surface area contributed by atoms with E-state index in [1.54, 1.807) is 6.07 Å². The molecule has 32 heavy (non-hydrogen) atoms. The number of amides is 1. The normalized spacial score (nSPS) is 20.3. The van der Waals surface area contributed by atoms with Crippen LogP contribution in [-0.4, -0.2) is 56.6 Å². The van der Waals surface area contributed by atoms with E-state index in [1.807, 2.05) is 37.2 Å². The van der Waals surface area contributed by atoms with Crippen molar-refractivity contribution in [3.05, 3.63) is 45.8 Å². The lowest BCUT2D eigenvalue weighted by Gasteiger charge is -2.24. The zero-order valence-electron chi connectivity index (χ0n) is 18.3. The van der Waals surface area contributed by atoms with E-state index in [-0.39, 0.29) is 18.2 Å². The lowest BCUT2D eigenvalue weighted by atomic mass is 10.0. The molecule has 0 bridgehead atoms. The van der Waals surface area contributed by atoms with Gasteiger partial charge in [0, 0.05) is 49.8 Å². The number of anilines is 2. The summed E-state index contributed by atoms with van der Waals surface area (Å²) < 4.78 is 11.6. The molecule has 0 aliphatic carbocycles. The van der Waals surface area contributed by atoms with Gasteiger partial charge < -0.3 is 30.1 Å². The van der Waals surface area contributed by atoms with E-state index in [2.05, 4.69) is 10.6 Å². The minimum absolute atomic E-state index is 0.157. The quantitative estimate of drug-likeness (QED) is 0.584. The zero-order valence-corrected chi connectivity index (χ0v) is 19.2. The van der Waals surface area contributed by atoms with Gasteiger partial charge >= 0.3 is 5.97 Å². The lowest BCUT2D eigenvalue weighted by Crippen LogP contribution is -2.36. The highest BCUT2D eigenvalue weighted by molar-refractivity contribution is 7.16. The van der Waals surface area contributed by atoms with Crippen molar-refractivity contribution in [3.8, 4) is 0 Å². The Morgan fingerprint density at radius 3 is 2.81 bits per heavy atom. The van der Waals surface area contributed by atoms with Crippen LogP contribution in [0.5, 0.6) is 0 Å².